The van der Waals surface area contributed by atoms with Crippen molar-refractivity contribution >= 4 is 15.9 Å². The molecule has 0 radical (unpaired) electrons. The molecule has 1 amide bonds. The fourth-order valence-electron chi connectivity index (χ4n) is 3.50. The van der Waals surface area contributed by atoms with Gasteiger partial charge in [0.05, 0.1) is 16.5 Å². The summed E-state index contributed by atoms with van der Waals surface area (Å²) in [4.78, 5) is 17.2. The van der Waals surface area contributed by atoms with Crippen LogP contribution in [0.5, 0.6) is 0 Å². The standard InChI is InChI=1S/C23H28N4O3S/c1-18(2)27(17-20-9-7-19(16-24)8-10-20)23(28)21-5-4-6-22(15-21)31(29,30)26-13-11-25(3)12-14-26/h4-10,15,18H,11-14,17H2,1-3H3. The third-order valence-corrected chi connectivity index (χ3v) is 7.40. The Labute approximate surface area is 184 Å². The molecule has 1 fully saturated rings. The summed E-state index contributed by atoms with van der Waals surface area (Å²) in [5, 5.41) is 8.96. The Morgan fingerprint density at radius 3 is 2.32 bits per heavy atom. The van der Waals surface area contributed by atoms with E-state index in [4.69, 9.17) is 5.26 Å². The average molecular weight is 441 g/mol. The van der Waals surface area contributed by atoms with E-state index in [-0.39, 0.29) is 16.8 Å². The number of rotatable bonds is 6. The number of nitrogens with zero attached hydrogens (tertiary/aromatic N) is 4. The summed E-state index contributed by atoms with van der Waals surface area (Å²) in [5.41, 5.74) is 1.81. The summed E-state index contributed by atoms with van der Waals surface area (Å²) in [6.07, 6.45) is 0. The molecule has 164 valence electrons. The van der Waals surface area contributed by atoms with Gasteiger partial charge in [-0.15, -0.1) is 0 Å². The molecular weight excluding hydrogens is 412 g/mol. The Morgan fingerprint density at radius 2 is 1.74 bits per heavy atom. The molecule has 8 heteroatoms. The van der Waals surface area contributed by atoms with Gasteiger partial charge in [0.15, 0.2) is 0 Å². The van der Waals surface area contributed by atoms with Gasteiger partial charge in [-0.05, 0) is 56.8 Å². The van der Waals surface area contributed by atoms with E-state index in [0.717, 1.165) is 5.56 Å². The van der Waals surface area contributed by atoms with E-state index in [0.29, 0.717) is 43.9 Å². The second-order valence-corrected chi connectivity index (χ2v) is 10.0. The Kier molecular flexibility index (Phi) is 7.11. The summed E-state index contributed by atoms with van der Waals surface area (Å²) < 4.78 is 27.6. The van der Waals surface area contributed by atoms with E-state index in [1.807, 2.05) is 33.0 Å². The predicted octanol–water partition coefficient (Wildman–Crippen LogP) is 2.55. The van der Waals surface area contributed by atoms with Crippen LogP contribution in [0.2, 0.25) is 0 Å². The van der Waals surface area contributed by atoms with Crippen molar-refractivity contribution in [1.82, 2.24) is 14.1 Å². The molecular formula is C23H28N4O3S. The van der Waals surface area contributed by atoms with Gasteiger partial charge in [-0.25, -0.2) is 8.42 Å². The van der Waals surface area contributed by atoms with E-state index in [2.05, 4.69) is 11.0 Å². The molecule has 2 aromatic rings. The number of sulfonamides is 1. The van der Waals surface area contributed by atoms with Crippen LogP contribution in [0.1, 0.15) is 35.3 Å². The average Bonchev–Trinajstić information content (AvgIpc) is 2.77. The highest BCUT2D eigenvalue weighted by Gasteiger charge is 2.28. The van der Waals surface area contributed by atoms with Crippen molar-refractivity contribution in [3.05, 3.63) is 65.2 Å². The molecule has 2 aromatic carbocycles. The number of hydrogen-bond donors (Lipinski definition) is 0. The second-order valence-electron chi connectivity index (χ2n) is 8.07. The Morgan fingerprint density at radius 1 is 1.10 bits per heavy atom. The minimum absolute atomic E-state index is 0.0824. The number of hydrogen-bond acceptors (Lipinski definition) is 5. The maximum absolute atomic E-state index is 13.3. The molecule has 1 aliphatic rings. The van der Waals surface area contributed by atoms with Crippen LogP contribution in [0, 0.1) is 11.3 Å². The molecule has 31 heavy (non-hydrogen) atoms. The lowest BCUT2D eigenvalue weighted by molar-refractivity contribution is 0.0690. The lowest BCUT2D eigenvalue weighted by Gasteiger charge is -2.31. The summed E-state index contributed by atoms with van der Waals surface area (Å²) in [7, 11) is -1.68. The highest BCUT2D eigenvalue weighted by molar-refractivity contribution is 7.89. The maximum Gasteiger partial charge on any atom is 0.254 e. The Balaban J connectivity index is 1.83. The van der Waals surface area contributed by atoms with Crippen molar-refractivity contribution in [1.29, 1.82) is 5.26 Å². The molecule has 0 aromatic heterocycles. The van der Waals surface area contributed by atoms with Gasteiger partial charge in [0.2, 0.25) is 10.0 Å². The number of carbonyl (C=O) groups is 1. The minimum Gasteiger partial charge on any atom is -0.332 e. The summed E-state index contributed by atoms with van der Waals surface area (Å²) in [6.45, 7) is 6.46. The fraction of sp³-hybridized carbons (Fsp3) is 0.391. The number of benzene rings is 2. The molecule has 0 atom stereocenters. The van der Waals surface area contributed by atoms with Crippen LogP contribution in [0.4, 0.5) is 0 Å². The zero-order valence-electron chi connectivity index (χ0n) is 18.2. The quantitative estimate of drug-likeness (QED) is 0.689. The smallest absolute Gasteiger partial charge is 0.254 e. The Bertz CT molecular complexity index is 1070. The number of nitriles is 1. The van der Waals surface area contributed by atoms with Gasteiger partial charge < -0.3 is 9.80 Å². The zero-order valence-corrected chi connectivity index (χ0v) is 19.0. The van der Waals surface area contributed by atoms with Crippen LogP contribution in [-0.2, 0) is 16.6 Å². The van der Waals surface area contributed by atoms with Crippen molar-refractivity contribution in [2.45, 2.75) is 31.3 Å². The molecule has 0 bridgehead atoms. The van der Waals surface area contributed by atoms with Crippen molar-refractivity contribution in [2.24, 2.45) is 0 Å². The molecule has 0 unspecified atom stereocenters. The highest BCUT2D eigenvalue weighted by atomic mass is 32.2. The van der Waals surface area contributed by atoms with Crippen LogP contribution >= 0.6 is 0 Å². The number of carbonyl (C=O) groups excluding carboxylic acids is 1. The molecule has 1 heterocycles. The topological polar surface area (TPSA) is 84.7 Å². The molecule has 7 nitrogen and oxygen atoms in total. The van der Waals surface area contributed by atoms with Crippen LogP contribution in [0.25, 0.3) is 0 Å². The fourth-order valence-corrected chi connectivity index (χ4v) is 4.97. The van der Waals surface area contributed by atoms with Gasteiger partial charge in [0.1, 0.15) is 0 Å². The van der Waals surface area contributed by atoms with Crippen LogP contribution in [-0.4, -0.2) is 67.7 Å². The second kappa shape index (κ2) is 9.60. The highest BCUT2D eigenvalue weighted by Crippen LogP contribution is 2.21. The first kappa shape index (κ1) is 22.9. The normalized spacial score (nSPS) is 15.6. The van der Waals surface area contributed by atoms with Gasteiger partial charge >= 0.3 is 0 Å². The van der Waals surface area contributed by atoms with E-state index >= 15 is 0 Å². The first-order chi connectivity index (χ1) is 14.7. The first-order valence-corrected chi connectivity index (χ1v) is 11.7. The van der Waals surface area contributed by atoms with E-state index in [1.54, 1.807) is 35.2 Å². The van der Waals surface area contributed by atoms with Crippen LogP contribution in [0.3, 0.4) is 0 Å². The summed E-state index contributed by atoms with van der Waals surface area (Å²) in [5.74, 6) is -0.227. The first-order valence-electron chi connectivity index (χ1n) is 10.3. The summed E-state index contributed by atoms with van der Waals surface area (Å²) in [6, 6.07) is 15.4. The largest absolute Gasteiger partial charge is 0.332 e. The van der Waals surface area contributed by atoms with Crippen molar-refractivity contribution in [3.63, 3.8) is 0 Å². The van der Waals surface area contributed by atoms with Gasteiger partial charge in [0, 0.05) is 44.3 Å². The Hall–Kier alpha value is -2.73. The van der Waals surface area contributed by atoms with Crippen molar-refractivity contribution in [3.8, 4) is 6.07 Å². The van der Waals surface area contributed by atoms with Crippen LogP contribution in [0.15, 0.2) is 53.4 Å². The molecule has 1 saturated heterocycles. The lowest BCUT2D eigenvalue weighted by Crippen LogP contribution is -2.47. The predicted molar refractivity (Wildman–Crippen MR) is 119 cm³/mol. The van der Waals surface area contributed by atoms with Gasteiger partial charge in [0.25, 0.3) is 5.91 Å². The third-order valence-electron chi connectivity index (χ3n) is 5.50. The molecule has 0 saturated carbocycles. The van der Waals surface area contributed by atoms with Gasteiger partial charge in [-0.1, -0.05) is 18.2 Å². The van der Waals surface area contributed by atoms with Crippen molar-refractivity contribution < 1.29 is 13.2 Å². The van der Waals surface area contributed by atoms with Gasteiger partial charge in [-0.2, -0.15) is 9.57 Å². The molecule has 3 rings (SSSR count). The molecule has 0 spiro atoms. The molecule has 0 aliphatic carbocycles. The number of likely N-dealkylation sites (N-methyl/N-ethyl adjacent to an activating group) is 1. The monoisotopic (exact) mass is 440 g/mol. The van der Waals surface area contributed by atoms with E-state index in [9.17, 15) is 13.2 Å². The van der Waals surface area contributed by atoms with Gasteiger partial charge in [-0.3, -0.25) is 4.79 Å². The minimum atomic E-state index is -3.65. The van der Waals surface area contributed by atoms with Crippen LogP contribution < -0.4 is 0 Å². The number of piperazine rings is 1. The SMILES string of the molecule is CC(C)N(Cc1ccc(C#N)cc1)C(=O)c1cccc(S(=O)(=O)N2CCN(C)CC2)c1. The lowest BCUT2D eigenvalue weighted by atomic mass is 10.1. The van der Waals surface area contributed by atoms with Crippen molar-refractivity contribution in [2.75, 3.05) is 33.2 Å². The van der Waals surface area contributed by atoms with E-state index < -0.39 is 10.0 Å². The summed E-state index contributed by atoms with van der Waals surface area (Å²) >= 11 is 0. The molecule has 1 aliphatic heterocycles. The number of amides is 1. The third kappa shape index (κ3) is 5.31. The van der Waals surface area contributed by atoms with E-state index in [1.165, 1.54) is 10.4 Å². The zero-order chi connectivity index (χ0) is 22.6. The molecule has 0 N–H and O–H groups in total. The maximum atomic E-state index is 13.3.